The number of rotatable bonds is 2. The van der Waals surface area contributed by atoms with Crippen LogP contribution in [0.5, 0.6) is 11.8 Å². The summed E-state index contributed by atoms with van der Waals surface area (Å²) in [6.07, 6.45) is 0.177. The zero-order valence-corrected chi connectivity index (χ0v) is 9.60. The maximum absolute atomic E-state index is 5.41. The Hall–Kier alpha value is -1.84. The van der Waals surface area contributed by atoms with Crippen molar-refractivity contribution >= 4 is 0 Å². The minimum atomic E-state index is -0.161. The molecule has 0 fully saturated rings. The smallest absolute Gasteiger partial charge is 0.410 e. The van der Waals surface area contributed by atoms with E-state index in [9.17, 15) is 0 Å². The van der Waals surface area contributed by atoms with Gasteiger partial charge in [0.2, 0.25) is 5.89 Å². The summed E-state index contributed by atoms with van der Waals surface area (Å²) >= 11 is 0. The Morgan fingerprint density at radius 2 is 1.75 bits per heavy atom. The second-order valence-electron chi connectivity index (χ2n) is 4.54. The molecule has 1 aromatic heterocycles. The van der Waals surface area contributed by atoms with Gasteiger partial charge in [0.1, 0.15) is 5.75 Å². The highest BCUT2D eigenvalue weighted by Crippen LogP contribution is 2.25. The summed E-state index contributed by atoms with van der Waals surface area (Å²) in [6, 6.07) is 9.36. The van der Waals surface area contributed by atoms with Gasteiger partial charge in [-0.1, -0.05) is 44.1 Å². The monoisotopic (exact) mass is 218 g/mol. The first-order valence-corrected chi connectivity index (χ1v) is 5.12. The van der Waals surface area contributed by atoms with Crippen molar-refractivity contribution in [2.24, 2.45) is 0 Å². The zero-order chi connectivity index (χ0) is 11.6. The van der Waals surface area contributed by atoms with E-state index in [-0.39, 0.29) is 11.5 Å². The highest BCUT2D eigenvalue weighted by molar-refractivity contribution is 5.23. The van der Waals surface area contributed by atoms with Gasteiger partial charge in [-0.2, -0.15) is 0 Å². The van der Waals surface area contributed by atoms with Crippen LogP contribution in [-0.2, 0) is 5.41 Å². The van der Waals surface area contributed by atoms with Crippen LogP contribution in [0.15, 0.2) is 34.7 Å². The van der Waals surface area contributed by atoms with Gasteiger partial charge in [-0.3, -0.25) is 0 Å². The molecule has 0 aliphatic heterocycles. The normalized spacial score (nSPS) is 11.4. The van der Waals surface area contributed by atoms with E-state index in [2.05, 4.69) is 10.2 Å². The molecular weight excluding hydrogens is 204 g/mol. The molecule has 0 unspecified atom stereocenters. The van der Waals surface area contributed by atoms with E-state index >= 15 is 0 Å². The van der Waals surface area contributed by atoms with Crippen molar-refractivity contribution in [1.29, 1.82) is 0 Å². The Balaban J connectivity index is 2.15. The maximum Gasteiger partial charge on any atom is 0.420 e. The Kier molecular flexibility index (Phi) is 2.64. The molecule has 0 radical (unpaired) electrons. The zero-order valence-electron chi connectivity index (χ0n) is 9.60. The Morgan fingerprint density at radius 1 is 1.06 bits per heavy atom. The first-order chi connectivity index (χ1) is 7.55. The third-order valence-corrected chi connectivity index (χ3v) is 2.00. The van der Waals surface area contributed by atoms with Gasteiger partial charge in [0, 0.05) is 5.41 Å². The first kappa shape index (κ1) is 10.7. The van der Waals surface area contributed by atoms with Crippen molar-refractivity contribution in [3.05, 3.63) is 36.2 Å². The summed E-state index contributed by atoms with van der Waals surface area (Å²) < 4.78 is 10.8. The number of ether oxygens (including phenoxy) is 1. The minimum Gasteiger partial charge on any atom is -0.410 e. The number of nitrogens with zero attached hydrogens (tertiary/aromatic N) is 2. The lowest BCUT2D eigenvalue weighted by Crippen LogP contribution is -2.11. The Bertz CT molecular complexity index is 457. The van der Waals surface area contributed by atoms with Crippen LogP contribution in [0.3, 0.4) is 0 Å². The largest absolute Gasteiger partial charge is 0.420 e. The topological polar surface area (TPSA) is 48.2 Å². The summed E-state index contributed by atoms with van der Waals surface area (Å²) in [5.74, 6) is 1.25. The molecule has 0 aliphatic rings. The predicted octanol–water partition coefficient (Wildman–Crippen LogP) is 3.16. The summed E-state index contributed by atoms with van der Waals surface area (Å²) in [7, 11) is 0. The second kappa shape index (κ2) is 3.96. The maximum atomic E-state index is 5.41. The van der Waals surface area contributed by atoms with Crippen LogP contribution in [0.25, 0.3) is 0 Å². The van der Waals surface area contributed by atoms with Gasteiger partial charge < -0.3 is 9.15 Å². The van der Waals surface area contributed by atoms with E-state index in [4.69, 9.17) is 9.15 Å². The van der Waals surface area contributed by atoms with Gasteiger partial charge in [0.25, 0.3) is 0 Å². The third-order valence-electron chi connectivity index (χ3n) is 2.00. The lowest BCUT2D eigenvalue weighted by Gasteiger charge is -2.10. The highest BCUT2D eigenvalue weighted by Gasteiger charge is 2.22. The SMILES string of the molecule is CC(C)(C)c1nnc(Oc2ccccc2)o1. The van der Waals surface area contributed by atoms with E-state index < -0.39 is 0 Å². The lowest BCUT2D eigenvalue weighted by molar-refractivity contribution is 0.294. The van der Waals surface area contributed by atoms with Crippen molar-refractivity contribution < 1.29 is 9.15 Å². The highest BCUT2D eigenvalue weighted by atomic mass is 16.6. The number of aromatic nitrogens is 2. The van der Waals surface area contributed by atoms with Gasteiger partial charge >= 0.3 is 6.08 Å². The summed E-state index contributed by atoms with van der Waals surface area (Å²) in [6.45, 7) is 6.02. The summed E-state index contributed by atoms with van der Waals surface area (Å²) in [5.41, 5.74) is -0.161. The molecule has 16 heavy (non-hydrogen) atoms. The lowest BCUT2D eigenvalue weighted by atomic mass is 9.97. The van der Waals surface area contributed by atoms with Crippen molar-refractivity contribution in [1.82, 2.24) is 10.2 Å². The molecule has 2 rings (SSSR count). The number of hydrogen-bond donors (Lipinski definition) is 0. The molecule has 4 heteroatoms. The average molecular weight is 218 g/mol. The van der Waals surface area contributed by atoms with Gasteiger partial charge in [0.05, 0.1) is 0 Å². The predicted molar refractivity (Wildman–Crippen MR) is 59.5 cm³/mol. The van der Waals surface area contributed by atoms with Crippen LogP contribution in [0.4, 0.5) is 0 Å². The molecule has 0 saturated carbocycles. The van der Waals surface area contributed by atoms with Crippen LogP contribution in [0, 0.1) is 0 Å². The van der Waals surface area contributed by atoms with Gasteiger partial charge in [-0.05, 0) is 12.1 Å². The van der Waals surface area contributed by atoms with Crippen molar-refractivity contribution in [3.8, 4) is 11.8 Å². The molecule has 4 nitrogen and oxygen atoms in total. The molecule has 0 saturated heterocycles. The minimum absolute atomic E-state index is 0.161. The Labute approximate surface area is 94.3 Å². The van der Waals surface area contributed by atoms with Crippen molar-refractivity contribution in [2.45, 2.75) is 26.2 Å². The molecule has 84 valence electrons. The fourth-order valence-corrected chi connectivity index (χ4v) is 1.14. The van der Waals surface area contributed by atoms with Gasteiger partial charge in [-0.25, -0.2) is 0 Å². The van der Waals surface area contributed by atoms with Crippen LogP contribution >= 0.6 is 0 Å². The summed E-state index contributed by atoms with van der Waals surface area (Å²) in [5, 5.41) is 7.78. The molecule has 1 heterocycles. The third kappa shape index (κ3) is 2.39. The molecule has 0 N–H and O–H groups in total. The van der Waals surface area contributed by atoms with Crippen molar-refractivity contribution in [2.75, 3.05) is 0 Å². The number of para-hydroxylation sites is 1. The standard InChI is InChI=1S/C12H14N2O2/c1-12(2,3)10-13-14-11(16-10)15-9-7-5-4-6-8-9/h4-8H,1-3H3. The van der Waals surface area contributed by atoms with E-state index in [1.54, 1.807) is 0 Å². The first-order valence-electron chi connectivity index (χ1n) is 5.12. The fourth-order valence-electron chi connectivity index (χ4n) is 1.14. The molecule has 0 aliphatic carbocycles. The molecule has 2 aromatic rings. The van der Waals surface area contributed by atoms with Crippen molar-refractivity contribution in [3.63, 3.8) is 0 Å². The quantitative estimate of drug-likeness (QED) is 0.776. The van der Waals surface area contributed by atoms with Gasteiger partial charge in [-0.15, -0.1) is 5.10 Å². The molecule has 0 spiro atoms. The van der Waals surface area contributed by atoms with Gasteiger partial charge in [0.15, 0.2) is 0 Å². The number of benzene rings is 1. The molecular formula is C12H14N2O2. The average Bonchev–Trinajstić information content (AvgIpc) is 2.67. The van der Waals surface area contributed by atoms with Crippen LogP contribution in [-0.4, -0.2) is 10.2 Å². The fraction of sp³-hybridized carbons (Fsp3) is 0.333. The van der Waals surface area contributed by atoms with E-state index in [1.165, 1.54) is 0 Å². The Morgan fingerprint density at radius 3 is 2.31 bits per heavy atom. The van der Waals surface area contributed by atoms with E-state index in [0.29, 0.717) is 11.6 Å². The number of hydrogen-bond acceptors (Lipinski definition) is 4. The van der Waals surface area contributed by atoms with Crippen LogP contribution in [0.1, 0.15) is 26.7 Å². The van der Waals surface area contributed by atoms with E-state index in [0.717, 1.165) is 0 Å². The molecule has 0 amide bonds. The van der Waals surface area contributed by atoms with E-state index in [1.807, 2.05) is 51.1 Å². The molecule has 0 bridgehead atoms. The summed E-state index contributed by atoms with van der Waals surface area (Å²) in [4.78, 5) is 0. The molecule has 0 atom stereocenters. The second-order valence-corrected chi connectivity index (χ2v) is 4.54. The van der Waals surface area contributed by atoms with Crippen LogP contribution in [0.2, 0.25) is 0 Å². The molecule has 1 aromatic carbocycles. The van der Waals surface area contributed by atoms with Crippen LogP contribution < -0.4 is 4.74 Å².